The topological polar surface area (TPSA) is 23.0 Å². The number of hydrogen-bond donors (Lipinski definition) is 0. The van der Waals surface area contributed by atoms with Gasteiger partial charge in [0.1, 0.15) is 11.2 Å². The lowest BCUT2D eigenvalue weighted by Gasteiger charge is -2.34. The Morgan fingerprint density at radius 3 is 1.50 bits per heavy atom. The molecular formula is C60H40N2OSi. The molecule has 3 aromatic heterocycles. The van der Waals surface area contributed by atoms with Crippen LogP contribution < -0.4 is 20.7 Å². The third-order valence-corrected chi connectivity index (χ3v) is 18.2. The Bertz CT molecular complexity index is 3800. The minimum Gasteiger partial charge on any atom is -0.456 e. The Labute approximate surface area is 371 Å². The van der Waals surface area contributed by atoms with Crippen molar-refractivity contribution in [1.29, 1.82) is 0 Å². The molecule has 0 amide bonds. The fourth-order valence-corrected chi connectivity index (χ4v) is 15.7. The van der Waals surface area contributed by atoms with Gasteiger partial charge in [0.2, 0.25) is 0 Å². The van der Waals surface area contributed by atoms with Gasteiger partial charge in [-0.1, -0.05) is 194 Å². The van der Waals surface area contributed by atoms with Gasteiger partial charge >= 0.3 is 0 Å². The standard InChI is InChI=1S/C60H40N2OSi/c1-4-21-42(22-5-1)64(43-23-6-2-7-24-43,44-25-8-3-9-26-44)45-27-16-20-41(40-45)61-52-34-13-10-28-46(52)49-33-18-37-55(60(49)61)62-53-35-14-11-29-50(53)58-47(31-17-36-54(58)62)48-32-19-39-57-59(48)51-30-12-15-38-56(51)63-57/h1-40H. The smallest absolute Gasteiger partial charge is 0.179 e. The minimum absolute atomic E-state index is 0.898. The molecule has 0 radical (unpaired) electrons. The van der Waals surface area contributed by atoms with Crippen molar-refractivity contribution in [3.63, 3.8) is 0 Å². The van der Waals surface area contributed by atoms with Crippen LogP contribution in [0.1, 0.15) is 0 Å². The van der Waals surface area contributed by atoms with E-state index < -0.39 is 8.07 Å². The van der Waals surface area contributed by atoms with Crippen LogP contribution in [0.5, 0.6) is 0 Å². The van der Waals surface area contributed by atoms with E-state index in [1.807, 2.05) is 6.07 Å². The average Bonchev–Trinajstić information content (AvgIpc) is 4.04. The Hall–Kier alpha value is -8.18. The maximum atomic E-state index is 6.42. The van der Waals surface area contributed by atoms with E-state index >= 15 is 0 Å². The number of furan rings is 1. The van der Waals surface area contributed by atoms with Gasteiger partial charge in [-0.3, -0.25) is 0 Å². The van der Waals surface area contributed by atoms with E-state index in [4.69, 9.17) is 4.42 Å². The maximum absolute atomic E-state index is 6.42. The lowest BCUT2D eigenvalue weighted by atomic mass is 9.95. The predicted molar refractivity (Wildman–Crippen MR) is 271 cm³/mol. The zero-order valence-corrected chi connectivity index (χ0v) is 35.9. The Kier molecular flexibility index (Phi) is 8.23. The fourth-order valence-electron chi connectivity index (χ4n) is 10.9. The van der Waals surface area contributed by atoms with Crippen molar-refractivity contribution >= 4 is 94.4 Å². The van der Waals surface area contributed by atoms with E-state index in [-0.39, 0.29) is 0 Å². The second-order valence-corrected chi connectivity index (χ2v) is 20.6. The van der Waals surface area contributed by atoms with E-state index in [9.17, 15) is 0 Å². The van der Waals surface area contributed by atoms with Crippen LogP contribution >= 0.6 is 0 Å². The van der Waals surface area contributed by atoms with E-state index in [0.717, 1.165) is 44.3 Å². The zero-order valence-electron chi connectivity index (χ0n) is 34.9. The summed E-state index contributed by atoms with van der Waals surface area (Å²) in [4.78, 5) is 0. The summed E-state index contributed by atoms with van der Waals surface area (Å²) in [5.41, 5.74) is 11.1. The Morgan fingerprint density at radius 2 is 0.797 bits per heavy atom. The van der Waals surface area contributed by atoms with Crippen molar-refractivity contribution in [2.75, 3.05) is 0 Å². The van der Waals surface area contributed by atoms with Crippen LogP contribution in [0.4, 0.5) is 0 Å². The molecule has 64 heavy (non-hydrogen) atoms. The van der Waals surface area contributed by atoms with Crippen molar-refractivity contribution in [2.24, 2.45) is 0 Å². The van der Waals surface area contributed by atoms with Gasteiger partial charge in [0.05, 0.1) is 27.8 Å². The summed E-state index contributed by atoms with van der Waals surface area (Å²) in [5.74, 6) is 0. The molecule has 0 bridgehead atoms. The molecule has 10 aromatic carbocycles. The summed E-state index contributed by atoms with van der Waals surface area (Å²) in [6.07, 6.45) is 0. The molecule has 3 nitrogen and oxygen atoms in total. The first-order valence-electron chi connectivity index (χ1n) is 22.0. The summed E-state index contributed by atoms with van der Waals surface area (Å²) in [5, 5.41) is 12.5. The molecule has 0 saturated carbocycles. The Balaban J connectivity index is 1.11. The number of rotatable bonds is 7. The SMILES string of the molecule is c1ccc([Si](c2ccccc2)(c2ccccc2)c2cccc(-n3c4ccccc4c4cccc(-n5c6ccccc6c6c(-c7cccc8oc9ccccc9c78)cccc65)c43)c2)cc1. The van der Waals surface area contributed by atoms with E-state index in [1.165, 1.54) is 64.5 Å². The van der Waals surface area contributed by atoms with Crippen molar-refractivity contribution < 1.29 is 4.42 Å². The summed E-state index contributed by atoms with van der Waals surface area (Å²) < 4.78 is 11.4. The first-order valence-corrected chi connectivity index (χ1v) is 24.0. The largest absolute Gasteiger partial charge is 0.456 e. The molecule has 0 fully saturated rings. The number of nitrogens with zero attached hydrogens (tertiary/aromatic N) is 2. The molecule has 13 aromatic rings. The van der Waals surface area contributed by atoms with Crippen molar-refractivity contribution in [3.05, 3.63) is 243 Å². The van der Waals surface area contributed by atoms with Crippen LogP contribution in [0.2, 0.25) is 0 Å². The highest BCUT2D eigenvalue weighted by Gasteiger charge is 2.41. The van der Waals surface area contributed by atoms with Gasteiger partial charge in [0.25, 0.3) is 0 Å². The maximum Gasteiger partial charge on any atom is 0.179 e. The molecule has 13 rings (SSSR count). The summed E-state index contributed by atoms with van der Waals surface area (Å²) in [6, 6.07) is 89.3. The molecule has 0 N–H and O–H groups in total. The van der Waals surface area contributed by atoms with Gasteiger partial charge in [-0.25, -0.2) is 0 Å². The van der Waals surface area contributed by atoms with E-state index in [0.29, 0.717) is 0 Å². The normalized spacial score (nSPS) is 12.1. The molecule has 0 aliphatic carbocycles. The van der Waals surface area contributed by atoms with Crippen LogP contribution in [0.15, 0.2) is 247 Å². The van der Waals surface area contributed by atoms with Crippen molar-refractivity contribution in [2.45, 2.75) is 0 Å². The molecule has 0 saturated heterocycles. The zero-order chi connectivity index (χ0) is 42.2. The molecule has 0 aliphatic heterocycles. The number of aromatic nitrogens is 2. The molecule has 300 valence electrons. The first-order chi connectivity index (χ1) is 31.8. The van der Waals surface area contributed by atoms with Gasteiger partial charge < -0.3 is 13.6 Å². The molecule has 3 heterocycles. The molecule has 0 unspecified atom stereocenters. The van der Waals surface area contributed by atoms with Crippen molar-refractivity contribution in [1.82, 2.24) is 9.13 Å². The van der Waals surface area contributed by atoms with Crippen LogP contribution in [0, 0.1) is 0 Å². The summed E-state index contributed by atoms with van der Waals surface area (Å²) >= 11 is 0. The monoisotopic (exact) mass is 832 g/mol. The molecular weight excluding hydrogens is 793 g/mol. The highest BCUT2D eigenvalue weighted by Crippen LogP contribution is 2.45. The van der Waals surface area contributed by atoms with Gasteiger partial charge in [-0.2, -0.15) is 0 Å². The first kappa shape index (κ1) is 36.5. The number of benzene rings is 10. The van der Waals surface area contributed by atoms with Gasteiger partial charge in [-0.15, -0.1) is 0 Å². The number of para-hydroxylation sites is 4. The Morgan fingerprint density at radius 1 is 0.312 bits per heavy atom. The van der Waals surface area contributed by atoms with Gasteiger partial charge in [0.15, 0.2) is 8.07 Å². The van der Waals surface area contributed by atoms with Crippen molar-refractivity contribution in [3.8, 4) is 22.5 Å². The van der Waals surface area contributed by atoms with Crippen LogP contribution in [-0.2, 0) is 0 Å². The third kappa shape index (κ3) is 5.27. The minimum atomic E-state index is -2.81. The lowest BCUT2D eigenvalue weighted by molar-refractivity contribution is 0.669. The summed E-state index contributed by atoms with van der Waals surface area (Å²) in [7, 11) is -2.81. The van der Waals surface area contributed by atoms with Gasteiger partial charge in [0, 0.05) is 38.0 Å². The third-order valence-electron chi connectivity index (χ3n) is 13.5. The number of fused-ring (bicyclic) bond motifs is 9. The second-order valence-electron chi connectivity index (χ2n) is 16.8. The van der Waals surface area contributed by atoms with Gasteiger partial charge in [-0.05, 0) is 80.4 Å². The van der Waals surface area contributed by atoms with E-state index in [1.54, 1.807) is 0 Å². The second kappa shape index (κ2) is 14.5. The average molecular weight is 833 g/mol. The number of hydrogen-bond acceptors (Lipinski definition) is 1. The molecule has 0 aliphatic rings. The quantitative estimate of drug-likeness (QED) is 0.116. The molecule has 4 heteroatoms. The lowest BCUT2D eigenvalue weighted by Crippen LogP contribution is -2.74. The van der Waals surface area contributed by atoms with E-state index in [2.05, 4.69) is 246 Å². The predicted octanol–water partition coefficient (Wildman–Crippen LogP) is 12.8. The molecule has 0 atom stereocenters. The highest BCUT2D eigenvalue weighted by molar-refractivity contribution is 7.19. The van der Waals surface area contributed by atoms with Crippen LogP contribution in [0.3, 0.4) is 0 Å². The summed E-state index contributed by atoms with van der Waals surface area (Å²) in [6.45, 7) is 0. The highest BCUT2D eigenvalue weighted by atomic mass is 28.3. The fraction of sp³-hybridized carbons (Fsp3) is 0. The van der Waals surface area contributed by atoms with Crippen LogP contribution in [0.25, 0.3) is 88.1 Å². The van der Waals surface area contributed by atoms with Crippen LogP contribution in [-0.4, -0.2) is 17.2 Å². The molecule has 0 spiro atoms.